The molecule has 1 aromatic carbocycles. The molecule has 0 radical (unpaired) electrons. The topological polar surface area (TPSA) is 44.4 Å². The summed E-state index contributed by atoms with van der Waals surface area (Å²) in [5.41, 5.74) is 2.29. The van der Waals surface area contributed by atoms with Gasteiger partial charge in [-0.25, -0.2) is 0 Å². The van der Waals surface area contributed by atoms with Crippen LogP contribution in [-0.4, -0.2) is 43.5 Å². The van der Waals surface area contributed by atoms with Gasteiger partial charge in [0.2, 0.25) is 5.91 Å². The molecular weight excluding hydrogens is 298 g/mol. The fourth-order valence-corrected chi connectivity index (χ4v) is 4.01. The molecule has 0 aliphatic carbocycles. The van der Waals surface area contributed by atoms with Crippen LogP contribution in [0.5, 0.6) is 0 Å². The van der Waals surface area contributed by atoms with Crippen molar-refractivity contribution < 1.29 is 4.79 Å². The molecule has 1 aromatic rings. The second-order valence-corrected chi connectivity index (χ2v) is 7.34. The van der Waals surface area contributed by atoms with E-state index in [0.717, 1.165) is 38.0 Å². The Bertz CT molecular complexity index is 539. The molecule has 24 heavy (non-hydrogen) atoms. The smallest absolute Gasteiger partial charge is 0.227 e. The predicted molar refractivity (Wildman–Crippen MR) is 99.3 cm³/mol. The molecule has 4 nitrogen and oxygen atoms in total. The number of rotatable bonds is 5. The van der Waals surface area contributed by atoms with Gasteiger partial charge in [0, 0.05) is 17.6 Å². The van der Waals surface area contributed by atoms with Crippen LogP contribution in [0.25, 0.3) is 0 Å². The summed E-state index contributed by atoms with van der Waals surface area (Å²) in [7, 11) is 2.24. The molecule has 132 valence electrons. The van der Waals surface area contributed by atoms with Gasteiger partial charge >= 0.3 is 0 Å². The molecule has 2 heterocycles. The third-order valence-electron chi connectivity index (χ3n) is 5.65. The zero-order chi connectivity index (χ0) is 16.8. The Balaban J connectivity index is 1.59. The molecule has 1 amide bonds. The van der Waals surface area contributed by atoms with Crippen LogP contribution in [0.15, 0.2) is 24.3 Å². The zero-order valence-corrected chi connectivity index (χ0v) is 14.9. The van der Waals surface area contributed by atoms with Gasteiger partial charge in [-0.15, -0.1) is 0 Å². The number of para-hydroxylation sites is 1. The second-order valence-electron chi connectivity index (χ2n) is 7.34. The molecule has 2 saturated heterocycles. The van der Waals surface area contributed by atoms with Crippen molar-refractivity contribution in [3.63, 3.8) is 0 Å². The summed E-state index contributed by atoms with van der Waals surface area (Å²) >= 11 is 0. The number of nitrogens with one attached hydrogen (secondary N) is 2. The number of amides is 1. The van der Waals surface area contributed by atoms with E-state index in [4.69, 9.17) is 0 Å². The van der Waals surface area contributed by atoms with Crippen LogP contribution >= 0.6 is 0 Å². The standard InChI is InChI=1S/C20H31N3O/c1-23-15-5-4-7-18(23)10-9-16-6-2-3-8-19(16)22-20(24)17-11-13-21-14-12-17/h2-3,6,8,17-18,21H,4-5,7,9-15H2,1H3,(H,22,24). The maximum atomic E-state index is 12.5. The highest BCUT2D eigenvalue weighted by atomic mass is 16.1. The van der Waals surface area contributed by atoms with Gasteiger partial charge < -0.3 is 15.5 Å². The van der Waals surface area contributed by atoms with E-state index in [-0.39, 0.29) is 11.8 Å². The summed E-state index contributed by atoms with van der Waals surface area (Å²) in [5, 5.41) is 6.52. The molecule has 1 unspecified atom stereocenters. The van der Waals surface area contributed by atoms with Gasteiger partial charge in [-0.05, 0) is 76.8 Å². The van der Waals surface area contributed by atoms with Crippen LogP contribution < -0.4 is 10.6 Å². The minimum Gasteiger partial charge on any atom is -0.326 e. The number of aryl methyl sites for hydroxylation is 1. The largest absolute Gasteiger partial charge is 0.326 e. The molecule has 2 N–H and O–H groups in total. The van der Waals surface area contributed by atoms with E-state index < -0.39 is 0 Å². The Labute approximate surface area is 146 Å². The first-order valence-electron chi connectivity index (χ1n) is 9.54. The summed E-state index contributed by atoms with van der Waals surface area (Å²) in [5.74, 6) is 0.350. The third kappa shape index (κ3) is 4.58. The normalized spacial score (nSPS) is 23.1. The summed E-state index contributed by atoms with van der Waals surface area (Å²) in [6.07, 6.45) is 8.09. The Kier molecular flexibility index (Phi) is 6.27. The van der Waals surface area contributed by atoms with Crippen LogP contribution in [0, 0.1) is 5.92 Å². The van der Waals surface area contributed by atoms with Crippen LogP contribution in [0.3, 0.4) is 0 Å². The van der Waals surface area contributed by atoms with Crippen LogP contribution in [0.4, 0.5) is 5.69 Å². The van der Waals surface area contributed by atoms with Gasteiger partial charge in [-0.3, -0.25) is 4.79 Å². The monoisotopic (exact) mass is 329 g/mol. The van der Waals surface area contributed by atoms with Crippen molar-refractivity contribution in [2.75, 3.05) is 32.0 Å². The molecule has 1 atom stereocenters. The van der Waals surface area contributed by atoms with E-state index in [1.54, 1.807) is 0 Å². The number of anilines is 1. The van der Waals surface area contributed by atoms with E-state index in [1.165, 1.54) is 37.8 Å². The predicted octanol–water partition coefficient (Wildman–Crippen LogP) is 3.04. The third-order valence-corrected chi connectivity index (χ3v) is 5.65. The summed E-state index contributed by atoms with van der Waals surface area (Å²) < 4.78 is 0. The van der Waals surface area contributed by atoms with E-state index in [1.807, 2.05) is 6.07 Å². The van der Waals surface area contributed by atoms with E-state index >= 15 is 0 Å². The fraction of sp³-hybridized carbons (Fsp3) is 0.650. The number of piperidine rings is 2. The summed E-state index contributed by atoms with van der Waals surface area (Å²) in [6, 6.07) is 9.01. The minimum atomic E-state index is 0.156. The average Bonchev–Trinajstić information content (AvgIpc) is 2.63. The Morgan fingerprint density at radius 3 is 2.79 bits per heavy atom. The second kappa shape index (κ2) is 8.63. The number of hydrogen-bond donors (Lipinski definition) is 2. The van der Waals surface area contributed by atoms with Crippen LogP contribution in [0.2, 0.25) is 0 Å². The first-order chi connectivity index (χ1) is 11.7. The number of carbonyl (C=O) groups is 1. The van der Waals surface area contributed by atoms with E-state index in [2.05, 4.69) is 40.8 Å². The van der Waals surface area contributed by atoms with Gasteiger partial charge in [0.15, 0.2) is 0 Å². The average molecular weight is 329 g/mol. The van der Waals surface area contributed by atoms with Crippen molar-refractivity contribution in [2.24, 2.45) is 5.92 Å². The van der Waals surface area contributed by atoms with Crippen molar-refractivity contribution in [2.45, 2.75) is 51.0 Å². The van der Waals surface area contributed by atoms with Crippen LogP contribution in [0.1, 0.15) is 44.1 Å². The molecule has 0 bridgehead atoms. The lowest BCUT2D eigenvalue weighted by Gasteiger charge is -2.32. The minimum absolute atomic E-state index is 0.156. The molecule has 3 rings (SSSR count). The maximum Gasteiger partial charge on any atom is 0.227 e. The Morgan fingerprint density at radius 1 is 1.21 bits per heavy atom. The Hall–Kier alpha value is -1.39. The highest BCUT2D eigenvalue weighted by Crippen LogP contribution is 2.24. The maximum absolute atomic E-state index is 12.5. The lowest BCUT2D eigenvalue weighted by Crippen LogP contribution is -2.36. The van der Waals surface area contributed by atoms with Crippen molar-refractivity contribution in [1.29, 1.82) is 0 Å². The van der Waals surface area contributed by atoms with E-state index in [0.29, 0.717) is 6.04 Å². The highest BCUT2D eigenvalue weighted by Gasteiger charge is 2.22. The van der Waals surface area contributed by atoms with Gasteiger partial charge in [0.1, 0.15) is 0 Å². The SMILES string of the molecule is CN1CCCCC1CCc1ccccc1NC(=O)C1CCNCC1. The molecule has 2 aliphatic rings. The fourth-order valence-electron chi connectivity index (χ4n) is 4.01. The lowest BCUT2D eigenvalue weighted by molar-refractivity contribution is -0.120. The highest BCUT2D eigenvalue weighted by molar-refractivity contribution is 5.93. The molecule has 4 heteroatoms. The van der Waals surface area contributed by atoms with Gasteiger partial charge in [-0.1, -0.05) is 24.6 Å². The van der Waals surface area contributed by atoms with Gasteiger partial charge in [-0.2, -0.15) is 0 Å². The van der Waals surface area contributed by atoms with Crippen molar-refractivity contribution >= 4 is 11.6 Å². The van der Waals surface area contributed by atoms with Gasteiger partial charge in [0.05, 0.1) is 0 Å². The molecule has 2 aliphatic heterocycles. The Morgan fingerprint density at radius 2 is 2.00 bits per heavy atom. The number of nitrogens with zero attached hydrogens (tertiary/aromatic N) is 1. The quantitative estimate of drug-likeness (QED) is 0.873. The van der Waals surface area contributed by atoms with E-state index in [9.17, 15) is 4.79 Å². The number of hydrogen-bond acceptors (Lipinski definition) is 3. The number of carbonyl (C=O) groups excluding carboxylic acids is 1. The molecule has 0 spiro atoms. The van der Waals surface area contributed by atoms with Crippen molar-refractivity contribution in [3.05, 3.63) is 29.8 Å². The van der Waals surface area contributed by atoms with Crippen molar-refractivity contribution in [1.82, 2.24) is 10.2 Å². The number of benzene rings is 1. The van der Waals surface area contributed by atoms with Crippen molar-refractivity contribution in [3.8, 4) is 0 Å². The molecule has 0 aromatic heterocycles. The summed E-state index contributed by atoms with van der Waals surface area (Å²) in [4.78, 5) is 15.0. The van der Waals surface area contributed by atoms with Crippen LogP contribution in [-0.2, 0) is 11.2 Å². The first kappa shape index (κ1) is 17.4. The number of likely N-dealkylation sites (tertiary alicyclic amines) is 1. The van der Waals surface area contributed by atoms with Gasteiger partial charge in [0.25, 0.3) is 0 Å². The summed E-state index contributed by atoms with van der Waals surface area (Å²) in [6.45, 7) is 3.13. The first-order valence-corrected chi connectivity index (χ1v) is 9.54. The molecule has 2 fully saturated rings. The zero-order valence-electron chi connectivity index (χ0n) is 14.9. The lowest BCUT2D eigenvalue weighted by atomic mass is 9.95. The molecule has 0 saturated carbocycles. The molecular formula is C20H31N3O.